The molecule has 65 heavy (non-hydrogen) atoms. The summed E-state index contributed by atoms with van der Waals surface area (Å²) in [6, 6.07) is 8.62. The average molecular weight is 906 g/mol. The number of methoxy groups -OCH3 is 1. The number of likely N-dealkylation sites (tertiary alicyclic amines) is 1. The third-order valence-corrected chi connectivity index (χ3v) is 14.4. The summed E-state index contributed by atoms with van der Waals surface area (Å²) in [6.45, 7) is 14.1. The Morgan fingerprint density at radius 3 is 1.98 bits per heavy atom. The van der Waals surface area contributed by atoms with E-state index in [9.17, 15) is 43.5 Å². The number of hydrogen-bond acceptors (Lipinski definition) is 9. The molecular weight excluding hydrogens is 831 g/mol. The Bertz CT molecular complexity index is 1830. The van der Waals surface area contributed by atoms with E-state index in [1.165, 1.54) is 17.1 Å². The number of carboxylic acid groups (broad SMARTS) is 1. The van der Waals surface area contributed by atoms with Crippen molar-refractivity contribution >= 4 is 47.2 Å². The molecule has 3 aliphatic heterocycles. The second-order valence-corrected chi connectivity index (χ2v) is 18.9. The first-order valence-corrected chi connectivity index (χ1v) is 23.9. The molecule has 8 atom stereocenters. The third-order valence-electron chi connectivity index (χ3n) is 14.4. The number of carbonyl (C=O) groups excluding carboxylic acids is 7. The van der Waals surface area contributed by atoms with Crippen LogP contribution in [0.15, 0.2) is 42.5 Å². The number of hydrogen-bond donors (Lipinski definition) is 1. The third kappa shape index (κ3) is 14.3. The van der Waals surface area contributed by atoms with E-state index in [0.29, 0.717) is 71.4 Å². The molecule has 1 aromatic rings. The minimum Gasteiger partial charge on any atom is -0.481 e. The van der Waals surface area contributed by atoms with Crippen molar-refractivity contribution in [2.45, 2.75) is 130 Å². The zero-order valence-corrected chi connectivity index (χ0v) is 40.1. The van der Waals surface area contributed by atoms with Crippen LogP contribution in [0.2, 0.25) is 0 Å². The SMILES string of the molecule is CC[C@H](C)[C@@H]([C@@H](CC(=O)N1CCC[C@H]1[C@H](C)[C@@H](C)C(=O)C[C@@H](Cc1ccccc1)C(=O)O)OC)N(C)C(=O)[C@@H](CC(=O)N1CCN(C(=O)CCCCCN2C(=O)C=CC2=O)CC1)C(C)C. The van der Waals surface area contributed by atoms with Gasteiger partial charge in [0.15, 0.2) is 0 Å². The van der Waals surface area contributed by atoms with Gasteiger partial charge >= 0.3 is 5.97 Å². The largest absolute Gasteiger partial charge is 0.481 e. The van der Waals surface area contributed by atoms with Gasteiger partial charge < -0.3 is 29.4 Å². The summed E-state index contributed by atoms with van der Waals surface area (Å²) >= 11 is 0. The Morgan fingerprint density at radius 1 is 0.800 bits per heavy atom. The fourth-order valence-corrected chi connectivity index (χ4v) is 9.79. The highest BCUT2D eigenvalue weighted by atomic mass is 16.5. The van der Waals surface area contributed by atoms with E-state index < -0.39 is 35.9 Å². The molecule has 360 valence electrons. The minimum atomic E-state index is -1.01. The van der Waals surface area contributed by atoms with E-state index in [1.54, 1.807) is 28.9 Å². The van der Waals surface area contributed by atoms with Crippen LogP contribution in [0.4, 0.5) is 0 Å². The monoisotopic (exact) mass is 906 g/mol. The van der Waals surface area contributed by atoms with Crippen LogP contribution >= 0.6 is 0 Å². The van der Waals surface area contributed by atoms with Gasteiger partial charge in [-0.15, -0.1) is 0 Å². The molecule has 1 aromatic carbocycles. The molecule has 0 unspecified atom stereocenters. The molecule has 0 saturated carbocycles. The zero-order chi connectivity index (χ0) is 48.0. The minimum absolute atomic E-state index is 0.00599. The van der Waals surface area contributed by atoms with Gasteiger partial charge in [-0.1, -0.05) is 84.7 Å². The normalized spacial score (nSPS) is 19.8. The van der Waals surface area contributed by atoms with Gasteiger partial charge in [0.25, 0.3) is 11.8 Å². The molecule has 0 aromatic heterocycles. The molecule has 0 radical (unpaired) electrons. The van der Waals surface area contributed by atoms with Crippen LogP contribution in [0, 0.1) is 35.5 Å². The van der Waals surface area contributed by atoms with E-state index >= 15 is 0 Å². The van der Waals surface area contributed by atoms with Crippen LogP contribution in [0.1, 0.15) is 111 Å². The van der Waals surface area contributed by atoms with E-state index in [-0.39, 0.29) is 90.7 Å². The maximum Gasteiger partial charge on any atom is 0.307 e. The fourth-order valence-electron chi connectivity index (χ4n) is 9.79. The van der Waals surface area contributed by atoms with Crippen LogP contribution < -0.4 is 0 Å². The van der Waals surface area contributed by atoms with E-state index in [4.69, 9.17) is 4.74 Å². The molecule has 3 heterocycles. The first-order valence-electron chi connectivity index (χ1n) is 23.9. The van der Waals surface area contributed by atoms with Crippen LogP contribution in [0.3, 0.4) is 0 Å². The Kier molecular flexibility index (Phi) is 20.4. The molecule has 0 aliphatic carbocycles. The lowest BCUT2D eigenvalue weighted by Crippen LogP contribution is -2.54. The summed E-state index contributed by atoms with van der Waals surface area (Å²) in [5.74, 6) is -4.53. The second kappa shape index (κ2) is 25.1. The Hall–Kier alpha value is -4.92. The first-order chi connectivity index (χ1) is 30.9. The van der Waals surface area contributed by atoms with Crippen molar-refractivity contribution in [3.8, 4) is 0 Å². The van der Waals surface area contributed by atoms with Crippen molar-refractivity contribution < 1.29 is 48.2 Å². The van der Waals surface area contributed by atoms with Crippen LogP contribution in [-0.2, 0) is 49.5 Å². The van der Waals surface area contributed by atoms with Gasteiger partial charge in [0, 0.05) is 103 Å². The highest BCUT2D eigenvalue weighted by Gasteiger charge is 2.42. The van der Waals surface area contributed by atoms with Crippen molar-refractivity contribution in [1.82, 2.24) is 24.5 Å². The molecule has 2 fully saturated rings. The van der Waals surface area contributed by atoms with Crippen LogP contribution in [-0.4, -0.2) is 148 Å². The zero-order valence-electron chi connectivity index (χ0n) is 40.1. The number of nitrogens with zero attached hydrogens (tertiary/aromatic N) is 5. The number of imide groups is 1. The van der Waals surface area contributed by atoms with Gasteiger partial charge in [-0.05, 0) is 55.4 Å². The molecule has 3 aliphatic rings. The fraction of sp³-hybridized carbons (Fsp3) is 0.680. The maximum absolute atomic E-state index is 14.5. The molecule has 0 bridgehead atoms. The van der Waals surface area contributed by atoms with E-state index in [1.807, 2.05) is 76.8 Å². The number of carbonyl (C=O) groups is 8. The molecule has 1 N–H and O–H groups in total. The molecule has 15 heteroatoms. The van der Waals surface area contributed by atoms with Gasteiger partial charge in [-0.3, -0.25) is 43.3 Å². The average Bonchev–Trinajstić information content (AvgIpc) is 3.92. The van der Waals surface area contributed by atoms with E-state index in [2.05, 4.69) is 0 Å². The van der Waals surface area contributed by atoms with Gasteiger partial charge in [0.05, 0.1) is 24.5 Å². The van der Waals surface area contributed by atoms with Crippen molar-refractivity contribution in [1.29, 1.82) is 0 Å². The van der Waals surface area contributed by atoms with Gasteiger partial charge in [0.2, 0.25) is 23.6 Å². The van der Waals surface area contributed by atoms with Crippen molar-refractivity contribution in [3.05, 3.63) is 48.0 Å². The number of benzene rings is 1. The number of unbranched alkanes of at least 4 members (excludes halogenated alkanes) is 2. The predicted octanol–water partition coefficient (Wildman–Crippen LogP) is 5.25. The predicted molar refractivity (Wildman–Crippen MR) is 246 cm³/mol. The Balaban J connectivity index is 1.32. The highest BCUT2D eigenvalue weighted by molar-refractivity contribution is 6.12. The molecule has 6 amide bonds. The first kappa shape index (κ1) is 52.7. The smallest absolute Gasteiger partial charge is 0.307 e. The molecule has 2 saturated heterocycles. The molecule has 4 rings (SSSR count). The number of rotatable bonds is 25. The van der Waals surface area contributed by atoms with Crippen molar-refractivity contribution in [2.24, 2.45) is 35.5 Å². The number of piperazine rings is 1. The molecule has 15 nitrogen and oxygen atoms in total. The summed E-state index contributed by atoms with van der Waals surface area (Å²) in [5.41, 5.74) is 0.861. The standard InChI is InChI=1S/C50H75N5O10/c1-9-34(4)48(42(65-8)32-47(61)54-24-16-19-40(54)35(5)36(6)41(56)30-38(50(63)64)29-37-17-12-10-13-18-37)51(7)49(62)39(33(2)3)31-46(60)53-27-25-52(26-28-53)43(57)20-14-11-15-23-55-44(58)21-22-45(55)59/h10,12-13,17-18,21-22,33-36,38-40,42,48H,9,11,14-16,19-20,23-32H2,1-8H3,(H,63,64)/t34-,35+,36+,38+,39-,40-,42+,48-/m0/s1. The number of Topliss-reactive ketones (excluding diaryl/α,β-unsaturated/α-hetero) is 1. The Labute approximate surface area is 386 Å². The van der Waals surface area contributed by atoms with Crippen LogP contribution in [0.25, 0.3) is 0 Å². The van der Waals surface area contributed by atoms with Gasteiger partial charge in [-0.2, -0.15) is 0 Å². The number of amides is 6. The number of ether oxygens (including phenoxy) is 1. The number of likely N-dealkylation sites (N-methyl/N-ethyl adjacent to an activating group) is 1. The summed E-state index contributed by atoms with van der Waals surface area (Å²) in [5, 5.41) is 9.96. The molecule has 0 spiro atoms. The summed E-state index contributed by atoms with van der Waals surface area (Å²) < 4.78 is 6.06. The summed E-state index contributed by atoms with van der Waals surface area (Å²) in [7, 11) is 3.29. The number of aliphatic carboxylic acids is 1. The Morgan fingerprint density at radius 2 is 1.42 bits per heavy atom. The lowest BCUT2D eigenvalue weighted by molar-refractivity contribution is -0.150. The highest BCUT2D eigenvalue weighted by Crippen LogP contribution is 2.33. The van der Waals surface area contributed by atoms with E-state index in [0.717, 1.165) is 18.4 Å². The summed E-state index contributed by atoms with van der Waals surface area (Å²) in [6.07, 6.45) is 6.64. The lowest BCUT2D eigenvalue weighted by atomic mass is 9.81. The van der Waals surface area contributed by atoms with Crippen LogP contribution in [0.5, 0.6) is 0 Å². The number of ketones is 1. The molecular formula is C50H75N5O10. The van der Waals surface area contributed by atoms with Gasteiger partial charge in [0.1, 0.15) is 5.78 Å². The van der Waals surface area contributed by atoms with Crippen molar-refractivity contribution in [2.75, 3.05) is 53.4 Å². The number of carboxylic acids is 1. The maximum atomic E-state index is 14.5. The lowest BCUT2D eigenvalue weighted by Gasteiger charge is -2.41. The van der Waals surface area contributed by atoms with Gasteiger partial charge in [-0.25, -0.2) is 0 Å². The van der Waals surface area contributed by atoms with Crippen molar-refractivity contribution in [3.63, 3.8) is 0 Å². The topological polar surface area (TPSA) is 182 Å². The second-order valence-electron chi connectivity index (χ2n) is 18.9. The quantitative estimate of drug-likeness (QED) is 0.101. The summed E-state index contributed by atoms with van der Waals surface area (Å²) in [4.78, 5) is 113.